The number of carbonyl (C=O) groups is 1. The van der Waals surface area contributed by atoms with Crippen molar-refractivity contribution in [3.05, 3.63) is 24.0 Å². The maximum absolute atomic E-state index is 12.5. The number of nitrogens with zero attached hydrogens (tertiary/aromatic N) is 3. The summed E-state index contributed by atoms with van der Waals surface area (Å²) >= 11 is 0. The van der Waals surface area contributed by atoms with Crippen molar-refractivity contribution in [2.45, 2.75) is 4.90 Å². The summed E-state index contributed by atoms with van der Waals surface area (Å²) in [4.78, 5) is 17.1. The molecule has 1 saturated heterocycles. The monoisotopic (exact) mass is 308 g/mol. The molecule has 0 unspecified atom stereocenters. The Hall–Kier alpha value is -1.95. The number of aromatic nitrogens is 1. The zero-order valence-corrected chi connectivity index (χ0v) is 12.4. The Bertz CT molecular complexity index is 706. The van der Waals surface area contributed by atoms with Gasteiger partial charge < -0.3 is 10.6 Å². The highest BCUT2D eigenvalue weighted by atomic mass is 32.2. The lowest BCUT2D eigenvalue weighted by Gasteiger charge is -2.31. The molecule has 0 aliphatic carbocycles. The molecule has 0 atom stereocenters. The van der Waals surface area contributed by atoms with Crippen LogP contribution >= 0.6 is 0 Å². The Balaban J connectivity index is 2.29. The van der Waals surface area contributed by atoms with E-state index in [1.54, 1.807) is 7.05 Å². The van der Waals surface area contributed by atoms with Crippen molar-refractivity contribution >= 4 is 15.9 Å². The van der Waals surface area contributed by atoms with Gasteiger partial charge in [0.15, 0.2) is 0 Å². The molecule has 8 heteroatoms. The summed E-state index contributed by atoms with van der Waals surface area (Å²) in [5, 5.41) is 0. The number of piperazine rings is 1. The van der Waals surface area contributed by atoms with E-state index in [-0.39, 0.29) is 30.4 Å². The maximum Gasteiger partial charge on any atom is 0.245 e. The zero-order valence-electron chi connectivity index (χ0n) is 11.6. The van der Waals surface area contributed by atoms with Crippen molar-refractivity contribution in [1.29, 1.82) is 0 Å². The predicted octanol–water partition coefficient (Wildman–Crippen LogP) is -1.15. The van der Waals surface area contributed by atoms with E-state index < -0.39 is 10.0 Å². The largest absolute Gasteiger partial charge is 0.343 e. The van der Waals surface area contributed by atoms with E-state index in [1.165, 1.54) is 23.4 Å². The van der Waals surface area contributed by atoms with Crippen LogP contribution in [0.2, 0.25) is 0 Å². The molecule has 1 fully saturated rings. The maximum atomic E-state index is 12.5. The second-order valence-electron chi connectivity index (χ2n) is 4.57. The van der Waals surface area contributed by atoms with Gasteiger partial charge in [-0.15, -0.1) is 0 Å². The molecule has 0 radical (unpaired) electrons. The highest BCUT2D eigenvalue weighted by Gasteiger charge is 2.31. The summed E-state index contributed by atoms with van der Waals surface area (Å²) in [7, 11) is -2.09. The minimum absolute atomic E-state index is 0.0312. The number of sulfonamides is 1. The van der Waals surface area contributed by atoms with Crippen LogP contribution in [0.1, 0.15) is 5.56 Å². The summed E-state index contributed by atoms with van der Waals surface area (Å²) in [5.74, 6) is 5.16. The molecule has 1 aromatic heterocycles. The lowest BCUT2D eigenvalue weighted by atomic mass is 10.3. The Labute approximate surface area is 123 Å². The summed E-state index contributed by atoms with van der Waals surface area (Å²) < 4.78 is 26.2. The topological polar surface area (TPSA) is 96.6 Å². The van der Waals surface area contributed by atoms with Crippen LogP contribution in [0.15, 0.2) is 23.4 Å². The normalized spacial score (nSPS) is 16.5. The minimum atomic E-state index is -3.74. The van der Waals surface area contributed by atoms with Crippen LogP contribution < -0.4 is 5.73 Å². The molecule has 0 spiro atoms. The molecule has 112 valence electrons. The Morgan fingerprint density at radius 3 is 2.81 bits per heavy atom. The molecule has 21 heavy (non-hydrogen) atoms. The van der Waals surface area contributed by atoms with Gasteiger partial charge in [-0.3, -0.25) is 9.78 Å². The standard InChI is InChI=1S/C13H16N4O3S/c1-16-5-6-17(10-13(16)18)21(19,20)12-7-11(3-2-4-14)8-15-9-12/h7-9H,4-6,10,14H2,1H3. The van der Waals surface area contributed by atoms with E-state index in [1.807, 2.05) is 0 Å². The number of carbonyl (C=O) groups excluding carboxylic acids is 1. The van der Waals surface area contributed by atoms with E-state index >= 15 is 0 Å². The van der Waals surface area contributed by atoms with Gasteiger partial charge in [0.2, 0.25) is 15.9 Å². The minimum Gasteiger partial charge on any atom is -0.343 e. The number of amides is 1. The average molecular weight is 308 g/mol. The predicted molar refractivity (Wildman–Crippen MR) is 76.6 cm³/mol. The summed E-state index contributed by atoms with van der Waals surface area (Å²) in [6.07, 6.45) is 2.72. The lowest BCUT2D eigenvalue weighted by Crippen LogP contribution is -2.50. The second kappa shape index (κ2) is 6.22. The SMILES string of the molecule is CN1CCN(S(=O)(=O)c2cncc(C#CCN)c2)CC1=O. The van der Waals surface area contributed by atoms with Gasteiger partial charge in [-0.25, -0.2) is 8.42 Å². The van der Waals surface area contributed by atoms with Gasteiger partial charge in [0.05, 0.1) is 13.1 Å². The van der Waals surface area contributed by atoms with E-state index in [0.29, 0.717) is 12.1 Å². The first-order valence-corrected chi connectivity index (χ1v) is 7.77. The van der Waals surface area contributed by atoms with E-state index in [4.69, 9.17) is 5.73 Å². The molecular formula is C13H16N4O3S. The van der Waals surface area contributed by atoms with Gasteiger partial charge in [-0.1, -0.05) is 11.8 Å². The summed E-state index contributed by atoms with van der Waals surface area (Å²) in [5.41, 5.74) is 5.76. The molecular weight excluding hydrogens is 292 g/mol. The fraction of sp³-hybridized carbons (Fsp3) is 0.385. The van der Waals surface area contributed by atoms with E-state index in [2.05, 4.69) is 16.8 Å². The van der Waals surface area contributed by atoms with Gasteiger partial charge in [0.25, 0.3) is 0 Å². The molecule has 2 N–H and O–H groups in total. The Morgan fingerprint density at radius 1 is 1.38 bits per heavy atom. The van der Waals surface area contributed by atoms with Crippen LogP contribution in [0, 0.1) is 11.8 Å². The molecule has 1 amide bonds. The van der Waals surface area contributed by atoms with Gasteiger partial charge in [-0.2, -0.15) is 4.31 Å². The first kappa shape index (κ1) is 15.4. The molecule has 1 aromatic rings. The van der Waals surface area contributed by atoms with Gasteiger partial charge in [0.1, 0.15) is 4.90 Å². The van der Waals surface area contributed by atoms with Crippen molar-refractivity contribution in [3.63, 3.8) is 0 Å². The molecule has 0 aromatic carbocycles. The quantitative estimate of drug-likeness (QED) is 0.696. The smallest absolute Gasteiger partial charge is 0.245 e. The number of nitrogens with two attached hydrogens (primary N) is 1. The van der Waals surface area contributed by atoms with Gasteiger partial charge >= 0.3 is 0 Å². The van der Waals surface area contributed by atoms with E-state index in [9.17, 15) is 13.2 Å². The molecule has 1 aliphatic heterocycles. The van der Waals surface area contributed by atoms with E-state index in [0.717, 1.165) is 4.31 Å². The van der Waals surface area contributed by atoms with Crippen LogP contribution in [-0.4, -0.2) is 61.7 Å². The van der Waals surface area contributed by atoms with Crippen LogP contribution in [-0.2, 0) is 14.8 Å². The number of pyridine rings is 1. The molecule has 2 heterocycles. The Morgan fingerprint density at radius 2 is 2.14 bits per heavy atom. The molecule has 0 bridgehead atoms. The van der Waals surface area contributed by atoms with Crippen LogP contribution in [0.3, 0.4) is 0 Å². The fourth-order valence-corrected chi connectivity index (χ4v) is 3.24. The number of rotatable bonds is 2. The zero-order chi connectivity index (χ0) is 15.5. The molecule has 1 aliphatic rings. The Kier molecular flexibility index (Phi) is 4.57. The second-order valence-corrected chi connectivity index (χ2v) is 6.51. The molecule has 2 rings (SSSR count). The summed E-state index contributed by atoms with van der Waals surface area (Å²) in [6.45, 7) is 0.670. The average Bonchev–Trinajstić information content (AvgIpc) is 2.48. The fourth-order valence-electron chi connectivity index (χ4n) is 1.87. The third-order valence-electron chi connectivity index (χ3n) is 3.11. The third kappa shape index (κ3) is 3.39. The number of hydrogen-bond donors (Lipinski definition) is 1. The summed E-state index contributed by atoms with van der Waals surface area (Å²) in [6, 6.07) is 1.44. The number of hydrogen-bond acceptors (Lipinski definition) is 5. The van der Waals surface area contributed by atoms with Gasteiger partial charge in [-0.05, 0) is 6.07 Å². The lowest BCUT2D eigenvalue weighted by molar-refractivity contribution is -0.132. The third-order valence-corrected chi connectivity index (χ3v) is 4.92. The van der Waals surface area contributed by atoms with Crippen LogP contribution in [0.5, 0.6) is 0 Å². The first-order valence-electron chi connectivity index (χ1n) is 6.33. The van der Waals surface area contributed by atoms with Crippen LogP contribution in [0.4, 0.5) is 0 Å². The van der Waals surface area contributed by atoms with Crippen molar-refractivity contribution in [2.24, 2.45) is 5.73 Å². The molecule has 7 nitrogen and oxygen atoms in total. The highest BCUT2D eigenvalue weighted by Crippen LogP contribution is 2.17. The van der Waals surface area contributed by atoms with Crippen molar-refractivity contribution < 1.29 is 13.2 Å². The first-order chi connectivity index (χ1) is 9.95. The number of likely N-dealkylation sites (N-methyl/N-ethyl adjacent to an activating group) is 1. The highest BCUT2D eigenvalue weighted by molar-refractivity contribution is 7.89. The van der Waals surface area contributed by atoms with Crippen molar-refractivity contribution in [2.75, 3.05) is 33.2 Å². The molecule has 0 saturated carbocycles. The van der Waals surface area contributed by atoms with Crippen molar-refractivity contribution in [3.8, 4) is 11.8 Å². The van der Waals surface area contributed by atoms with Crippen molar-refractivity contribution in [1.82, 2.24) is 14.2 Å². The van der Waals surface area contributed by atoms with Crippen LogP contribution in [0.25, 0.3) is 0 Å². The van der Waals surface area contributed by atoms with Gasteiger partial charge in [0, 0.05) is 38.1 Å².